The molecule has 0 radical (unpaired) electrons. The van der Waals surface area contributed by atoms with Crippen molar-refractivity contribution in [2.24, 2.45) is 0 Å². The van der Waals surface area contributed by atoms with Crippen molar-refractivity contribution in [1.82, 2.24) is 25.1 Å². The summed E-state index contributed by atoms with van der Waals surface area (Å²) >= 11 is 0. The van der Waals surface area contributed by atoms with Crippen LogP contribution in [0.15, 0.2) is 48.9 Å². The summed E-state index contributed by atoms with van der Waals surface area (Å²) in [6.45, 7) is 4.63. The molecule has 0 spiro atoms. The number of hydrogen-bond donors (Lipinski definition) is 2. The third-order valence-corrected chi connectivity index (χ3v) is 4.07. The molecule has 0 unspecified atom stereocenters. The molecular weight excluding hydrogens is 328 g/mol. The van der Waals surface area contributed by atoms with Crippen molar-refractivity contribution in [3.63, 3.8) is 0 Å². The molecule has 26 heavy (non-hydrogen) atoms. The summed E-state index contributed by atoms with van der Waals surface area (Å²) in [4.78, 5) is 16.8. The minimum absolute atomic E-state index is 0.142. The number of hydrogen-bond acceptors (Lipinski definition) is 5. The van der Waals surface area contributed by atoms with Gasteiger partial charge in [-0.1, -0.05) is 12.1 Å². The minimum Gasteiger partial charge on any atom is -0.397 e. The van der Waals surface area contributed by atoms with Gasteiger partial charge in [0.25, 0.3) is 5.91 Å². The van der Waals surface area contributed by atoms with E-state index in [1.54, 1.807) is 36.8 Å². The highest BCUT2D eigenvalue weighted by molar-refractivity contribution is 5.95. The fourth-order valence-electron chi connectivity index (χ4n) is 2.73. The van der Waals surface area contributed by atoms with Gasteiger partial charge in [-0.3, -0.25) is 9.78 Å². The van der Waals surface area contributed by atoms with Crippen LogP contribution >= 0.6 is 0 Å². The highest BCUT2D eigenvalue weighted by Gasteiger charge is 2.11. The third-order valence-electron chi connectivity index (χ3n) is 4.07. The second-order valence-corrected chi connectivity index (χ2v) is 6.28. The quantitative estimate of drug-likeness (QED) is 0.711. The van der Waals surface area contributed by atoms with E-state index in [4.69, 9.17) is 5.73 Å². The van der Waals surface area contributed by atoms with Crippen molar-refractivity contribution >= 4 is 11.6 Å². The summed E-state index contributed by atoms with van der Waals surface area (Å²) in [7, 11) is 0. The van der Waals surface area contributed by atoms with Crippen LogP contribution in [0, 0.1) is 0 Å². The molecule has 0 aliphatic heterocycles. The summed E-state index contributed by atoms with van der Waals surface area (Å²) in [5, 5.41) is 11.0. The Morgan fingerprint density at radius 2 is 2.12 bits per heavy atom. The van der Waals surface area contributed by atoms with Crippen LogP contribution < -0.4 is 11.1 Å². The van der Waals surface area contributed by atoms with Gasteiger partial charge in [0.15, 0.2) is 0 Å². The molecular formula is C19H22N6O. The molecule has 0 aliphatic carbocycles. The molecule has 3 aromatic rings. The first kappa shape index (κ1) is 17.6. The maximum absolute atomic E-state index is 12.5. The molecule has 3 N–H and O–H groups in total. The summed E-state index contributed by atoms with van der Waals surface area (Å²) in [6.07, 6.45) is 4.02. The van der Waals surface area contributed by atoms with Gasteiger partial charge in [-0.2, -0.15) is 0 Å². The Bertz CT molecular complexity index is 902. The lowest BCUT2D eigenvalue weighted by Gasteiger charge is -2.11. The summed E-state index contributed by atoms with van der Waals surface area (Å²) < 4.78 is 2.00. The van der Waals surface area contributed by atoms with E-state index in [0.717, 1.165) is 11.4 Å². The van der Waals surface area contributed by atoms with E-state index in [1.165, 1.54) is 0 Å². The highest BCUT2D eigenvalue weighted by atomic mass is 16.1. The zero-order valence-electron chi connectivity index (χ0n) is 14.9. The van der Waals surface area contributed by atoms with Crippen LogP contribution in [0.25, 0.3) is 11.3 Å². The Kier molecular flexibility index (Phi) is 5.26. The van der Waals surface area contributed by atoms with Gasteiger partial charge in [0.2, 0.25) is 0 Å². The number of amides is 1. The summed E-state index contributed by atoms with van der Waals surface area (Å²) in [6, 6.07) is 11.1. The normalized spacial score (nSPS) is 10.9. The van der Waals surface area contributed by atoms with Gasteiger partial charge in [-0.15, -0.1) is 10.2 Å². The van der Waals surface area contributed by atoms with Crippen molar-refractivity contribution < 1.29 is 4.79 Å². The fraction of sp³-hybridized carbons (Fsp3) is 0.263. The van der Waals surface area contributed by atoms with Crippen LogP contribution in [0.1, 0.15) is 36.1 Å². The SMILES string of the molecule is CC(C)n1cnnc1CCNC(=O)c1cccc(-c2ncccc2N)c1. The molecule has 7 heteroatoms. The van der Waals surface area contributed by atoms with Crippen molar-refractivity contribution in [3.05, 3.63) is 60.3 Å². The van der Waals surface area contributed by atoms with Gasteiger partial charge in [0, 0.05) is 36.3 Å². The lowest BCUT2D eigenvalue weighted by Crippen LogP contribution is -2.26. The van der Waals surface area contributed by atoms with Crippen LogP contribution in [0.2, 0.25) is 0 Å². The number of anilines is 1. The molecule has 0 bridgehead atoms. The van der Waals surface area contributed by atoms with Crippen LogP contribution in [-0.2, 0) is 6.42 Å². The number of benzene rings is 1. The molecule has 1 amide bonds. The van der Waals surface area contributed by atoms with Crippen molar-refractivity contribution in [2.75, 3.05) is 12.3 Å². The number of nitrogen functional groups attached to an aromatic ring is 1. The van der Waals surface area contributed by atoms with Gasteiger partial charge in [0.1, 0.15) is 12.2 Å². The van der Waals surface area contributed by atoms with Gasteiger partial charge >= 0.3 is 0 Å². The second-order valence-electron chi connectivity index (χ2n) is 6.28. The fourth-order valence-corrected chi connectivity index (χ4v) is 2.73. The molecule has 3 rings (SSSR count). The van der Waals surface area contributed by atoms with E-state index < -0.39 is 0 Å². The van der Waals surface area contributed by atoms with E-state index >= 15 is 0 Å². The monoisotopic (exact) mass is 350 g/mol. The maximum atomic E-state index is 12.5. The zero-order valence-corrected chi connectivity index (χ0v) is 14.9. The second kappa shape index (κ2) is 7.77. The number of nitrogens with two attached hydrogens (primary N) is 1. The van der Waals surface area contributed by atoms with Crippen molar-refractivity contribution in [2.45, 2.75) is 26.3 Å². The number of pyridine rings is 1. The Balaban J connectivity index is 1.66. The number of nitrogens with zero attached hydrogens (tertiary/aromatic N) is 4. The lowest BCUT2D eigenvalue weighted by atomic mass is 10.1. The number of carbonyl (C=O) groups excluding carboxylic acids is 1. The van der Waals surface area contributed by atoms with E-state index in [9.17, 15) is 4.79 Å². The van der Waals surface area contributed by atoms with Crippen molar-refractivity contribution in [1.29, 1.82) is 0 Å². The predicted molar refractivity (Wildman–Crippen MR) is 101 cm³/mol. The van der Waals surface area contributed by atoms with E-state index in [2.05, 4.69) is 34.3 Å². The van der Waals surface area contributed by atoms with Gasteiger partial charge in [-0.05, 0) is 38.1 Å². The van der Waals surface area contributed by atoms with Crippen LogP contribution in [-0.4, -0.2) is 32.2 Å². The molecule has 7 nitrogen and oxygen atoms in total. The average Bonchev–Trinajstić information content (AvgIpc) is 3.11. The Labute approximate surface area is 152 Å². The van der Waals surface area contributed by atoms with E-state index in [-0.39, 0.29) is 11.9 Å². The first-order valence-electron chi connectivity index (χ1n) is 8.53. The number of rotatable bonds is 6. The molecule has 2 aromatic heterocycles. The molecule has 1 aromatic carbocycles. The van der Waals surface area contributed by atoms with Crippen LogP contribution in [0.5, 0.6) is 0 Å². The number of carbonyl (C=O) groups is 1. The first-order valence-corrected chi connectivity index (χ1v) is 8.53. The van der Waals surface area contributed by atoms with Crippen molar-refractivity contribution in [3.8, 4) is 11.3 Å². The van der Waals surface area contributed by atoms with Crippen LogP contribution in [0.3, 0.4) is 0 Å². The topological polar surface area (TPSA) is 98.7 Å². The molecule has 0 saturated heterocycles. The third kappa shape index (κ3) is 3.88. The van der Waals surface area contributed by atoms with Gasteiger partial charge in [0.05, 0.1) is 11.4 Å². The summed E-state index contributed by atoms with van der Waals surface area (Å²) in [5.41, 5.74) is 8.61. The molecule has 0 saturated carbocycles. The van der Waals surface area contributed by atoms with Crippen LogP contribution in [0.4, 0.5) is 5.69 Å². The van der Waals surface area contributed by atoms with Gasteiger partial charge < -0.3 is 15.6 Å². The first-order chi connectivity index (χ1) is 12.6. The molecule has 0 atom stereocenters. The largest absolute Gasteiger partial charge is 0.397 e. The van der Waals surface area contributed by atoms with Gasteiger partial charge in [-0.25, -0.2) is 0 Å². The number of nitrogens with one attached hydrogen (secondary N) is 1. The Hall–Kier alpha value is -3.22. The minimum atomic E-state index is -0.142. The average molecular weight is 350 g/mol. The smallest absolute Gasteiger partial charge is 0.251 e. The molecule has 134 valence electrons. The lowest BCUT2D eigenvalue weighted by molar-refractivity contribution is 0.0954. The summed E-state index contributed by atoms with van der Waals surface area (Å²) in [5.74, 6) is 0.715. The number of aromatic nitrogens is 4. The standard InChI is InChI=1S/C19H22N6O/c1-13(2)25-12-23-24-17(25)8-10-22-19(26)15-6-3-5-14(11-15)18-16(20)7-4-9-21-18/h3-7,9,11-13H,8,10,20H2,1-2H3,(H,22,26). The molecule has 0 fully saturated rings. The highest BCUT2D eigenvalue weighted by Crippen LogP contribution is 2.23. The molecule has 2 heterocycles. The zero-order chi connectivity index (χ0) is 18.5. The Morgan fingerprint density at radius 1 is 1.27 bits per heavy atom. The maximum Gasteiger partial charge on any atom is 0.251 e. The molecule has 0 aliphatic rings. The predicted octanol–water partition coefficient (Wildman–Crippen LogP) is 2.48. The van der Waals surface area contributed by atoms with E-state index in [1.807, 2.05) is 16.7 Å². The van der Waals surface area contributed by atoms with E-state index in [0.29, 0.717) is 29.9 Å². The Morgan fingerprint density at radius 3 is 2.88 bits per heavy atom.